The summed E-state index contributed by atoms with van der Waals surface area (Å²) in [6.07, 6.45) is 0. The summed E-state index contributed by atoms with van der Waals surface area (Å²) in [5.41, 5.74) is 7.29. The summed E-state index contributed by atoms with van der Waals surface area (Å²) in [5.74, 6) is -0.214. The number of rotatable bonds is 3. The zero-order valence-corrected chi connectivity index (χ0v) is 13.9. The molecule has 6 heteroatoms. The molecule has 0 heterocycles. The molecule has 0 spiro atoms. The second-order valence-electron chi connectivity index (χ2n) is 4.02. The van der Waals surface area contributed by atoms with E-state index in [1.165, 1.54) is 0 Å². The molecule has 0 atom stereocenters. The van der Waals surface area contributed by atoms with Gasteiger partial charge in [0.2, 0.25) is 0 Å². The average Bonchev–Trinajstić information content (AvgIpc) is 2.40. The third-order valence-corrected chi connectivity index (χ3v) is 3.81. The zero-order valence-electron chi connectivity index (χ0n) is 10.2. The number of anilines is 1. The molecule has 2 aromatic carbocycles. The fourth-order valence-electron chi connectivity index (χ4n) is 1.59. The Balaban J connectivity index is 2.22. The largest absolute Gasteiger partial charge is 0.389 e. The number of amides is 1. The molecule has 2 rings (SSSR count). The Labute approximate surface area is 140 Å². The minimum absolute atomic E-state index is 0.214. The summed E-state index contributed by atoms with van der Waals surface area (Å²) < 4.78 is 0.991. The standard InChI is InChI=1S/C14H10ClIN2OS/c15-11-7-8(13(17)20)4-5-12(11)18-14(19)9-2-1-3-10(16)6-9/h1-7H,(H2,17,20)(H,18,19). The number of halogens is 2. The van der Waals surface area contributed by atoms with E-state index in [9.17, 15) is 4.79 Å². The smallest absolute Gasteiger partial charge is 0.255 e. The van der Waals surface area contributed by atoms with Crippen molar-refractivity contribution in [2.24, 2.45) is 5.73 Å². The molecule has 1 amide bonds. The number of benzene rings is 2. The Hall–Kier alpha value is -1.18. The van der Waals surface area contributed by atoms with Crippen LogP contribution >= 0.6 is 46.4 Å². The second-order valence-corrected chi connectivity index (χ2v) is 6.12. The number of carbonyl (C=O) groups is 1. The lowest BCUT2D eigenvalue weighted by molar-refractivity contribution is 0.102. The van der Waals surface area contributed by atoms with Crippen LogP contribution in [-0.4, -0.2) is 10.9 Å². The van der Waals surface area contributed by atoms with Crippen molar-refractivity contribution in [1.82, 2.24) is 0 Å². The minimum Gasteiger partial charge on any atom is -0.389 e. The van der Waals surface area contributed by atoms with Crippen LogP contribution in [0.4, 0.5) is 5.69 Å². The molecule has 0 aliphatic rings. The maximum absolute atomic E-state index is 12.1. The van der Waals surface area contributed by atoms with Crippen LogP contribution in [0.25, 0.3) is 0 Å². The molecule has 102 valence electrons. The maximum Gasteiger partial charge on any atom is 0.255 e. The van der Waals surface area contributed by atoms with Gasteiger partial charge in [-0.05, 0) is 59.0 Å². The molecule has 0 saturated heterocycles. The fourth-order valence-corrected chi connectivity index (χ4v) is 2.49. The van der Waals surface area contributed by atoms with Crippen molar-refractivity contribution >= 4 is 63.0 Å². The number of thiocarbonyl (C=S) groups is 1. The monoisotopic (exact) mass is 416 g/mol. The first kappa shape index (κ1) is 15.2. The van der Waals surface area contributed by atoms with Crippen LogP contribution in [0.5, 0.6) is 0 Å². The lowest BCUT2D eigenvalue weighted by Crippen LogP contribution is -2.13. The lowest BCUT2D eigenvalue weighted by Gasteiger charge is -2.09. The van der Waals surface area contributed by atoms with Crippen LogP contribution in [0.15, 0.2) is 42.5 Å². The van der Waals surface area contributed by atoms with Gasteiger partial charge < -0.3 is 11.1 Å². The summed E-state index contributed by atoms with van der Waals surface area (Å²) in [6, 6.07) is 12.3. The molecule has 0 aromatic heterocycles. The molecule has 0 bridgehead atoms. The molecule has 2 aromatic rings. The highest BCUT2D eigenvalue weighted by Gasteiger charge is 2.09. The van der Waals surface area contributed by atoms with Crippen molar-refractivity contribution in [3.05, 3.63) is 62.2 Å². The molecule has 0 unspecified atom stereocenters. The summed E-state index contributed by atoms with van der Waals surface area (Å²) in [7, 11) is 0. The van der Waals surface area contributed by atoms with Crippen molar-refractivity contribution in [3.63, 3.8) is 0 Å². The third-order valence-electron chi connectivity index (χ3n) is 2.59. The van der Waals surface area contributed by atoms with Gasteiger partial charge in [-0.15, -0.1) is 0 Å². The second kappa shape index (κ2) is 6.51. The topological polar surface area (TPSA) is 55.1 Å². The van der Waals surface area contributed by atoms with Gasteiger partial charge in [-0.1, -0.05) is 29.9 Å². The van der Waals surface area contributed by atoms with E-state index in [0.717, 1.165) is 3.57 Å². The van der Waals surface area contributed by atoms with Gasteiger partial charge in [-0.25, -0.2) is 0 Å². The van der Waals surface area contributed by atoms with Crippen LogP contribution in [0.3, 0.4) is 0 Å². The van der Waals surface area contributed by atoms with Crippen LogP contribution in [0.1, 0.15) is 15.9 Å². The Kier molecular flexibility index (Phi) is 4.95. The first-order valence-electron chi connectivity index (χ1n) is 5.63. The van der Waals surface area contributed by atoms with Crippen molar-refractivity contribution in [2.75, 3.05) is 5.32 Å². The SMILES string of the molecule is NC(=S)c1ccc(NC(=O)c2cccc(I)c2)c(Cl)c1. The molecule has 3 nitrogen and oxygen atoms in total. The predicted molar refractivity (Wildman–Crippen MR) is 94.5 cm³/mol. The quantitative estimate of drug-likeness (QED) is 0.591. The number of nitrogens with one attached hydrogen (secondary N) is 1. The Morgan fingerprint density at radius 3 is 2.55 bits per heavy atom. The van der Waals surface area contributed by atoms with E-state index in [4.69, 9.17) is 29.6 Å². The highest BCUT2D eigenvalue weighted by atomic mass is 127. The average molecular weight is 417 g/mol. The van der Waals surface area contributed by atoms with Crippen LogP contribution in [-0.2, 0) is 0 Å². The maximum atomic E-state index is 12.1. The van der Waals surface area contributed by atoms with E-state index in [0.29, 0.717) is 21.8 Å². The number of hydrogen-bond donors (Lipinski definition) is 2. The Morgan fingerprint density at radius 2 is 1.95 bits per heavy atom. The van der Waals surface area contributed by atoms with Crippen molar-refractivity contribution in [3.8, 4) is 0 Å². The minimum atomic E-state index is -0.214. The van der Waals surface area contributed by atoms with Crippen LogP contribution < -0.4 is 11.1 Å². The summed E-state index contributed by atoms with van der Waals surface area (Å²) in [5, 5.41) is 3.16. The van der Waals surface area contributed by atoms with Gasteiger partial charge in [-0.2, -0.15) is 0 Å². The molecule has 3 N–H and O–H groups in total. The zero-order chi connectivity index (χ0) is 14.7. The first-order chi connectivity index (χ1) is 9.47. The third kappa shape index (κ3) is 3.68. The van der Waals surface area contributed by atoms with E-state index in [1.807, 2.05) is 12.1 Å². The molecule has 0 saturated carbocycles. The van der Waals surface area contributed by atoms with Crippen molar-refractivity contribution < 1.29 is 4.79 Å². The molecule has 0 radical (unpaired) electrons. The summed E-state index contributed by atoms with van der Waals surface area (Å²) in [6.45, 7) is 0. The van der Waals surface area contributed by atoms with Gasteiger partial charge in [-0.3, -0.25) is 4.79 Å². The van der Waals surface area contributed by atoms with Gasteiger partial charge in [0.25, 0.3) is 5.91 Å². The van der Waals surface area contributed by atoms with E-state index < -0.39 is 0 Å². The van der Waals surface area contributed by atoms with Crippen molar-refractivity contribution in [2.45, 2.75) is 0 Å². The normalized spacial score (nSPS) is 10.1. The number of nitrogens with two attached hydrogens (primary N) is 1. The van der Waals surface area contributed by atoms with Gasteiger partial charge in [0, 0.05) is 14.7 Å². The molecule has 0 aliphatic carbocycles. The van der Waals surface area contributed by atoms with Gasteiger partial charge in [0.05, 0.1) is 10.7 Å². The lowest BCUT2D eigenvalue weighted by atomic mass is 10.2. The van der Waals surface area contributed by atoms with Gasteiger partial charge >= 0.3 is 0 Å². The van der Waals surface area contributed by atoms with Gasteiger partial charge in [0.1, 0.15) is 4.99 Å². The molecule has 20 heavy (non-hydrogen) atoms. The number of carbonyl (C=O) groups excluding carboxylic acids is 1. The Bertz CT molecular complexity index is 691. The first-order valence-corrected chi connectivity index (χ1v) is 7.50. The number of hydrogen-bond acceptors (Lipinski definition) is 2. The van der Waals surface area contributed by atoms with E-state index in [-0.39, 0.29) is 10.9 Å². The predicted octanol–water partition coefficient (Wildman–Crippen LogP) is 3.83. The van der Waals surface area contributed by atoms with E-state index in [2.05, 4.69) is 27.9 Å². The molecule has 0 fully saturated rings. The van der Waals surface area contributed by atoms with Crippen molar-refractivity contribution in [1.29, 1.82) is 0 Å². The van der Waals surface area contributed by atoms with Crippen LogP contribution in [0, 0.1) is 3.57 Å². The molecular formula is C14H10ClIN2OS. The molecular weight excluding hydrogens is 407 g/mol. The molecule has 0 aliphatic heterocycles. The van der Waals surface area contributed by atoms with Crippen LogP contribution in [0.2, 0.25) is 5.02 Å². The Morgan fingerprint density at radius 1 is 1.20 bits per heavy atom. The highest BCUT2D eigenvalue weighted by molar-refractivity contribution is 14.1. The van der Waals surface area contributed by atoms with Gasteiger partial charge in [0.15, 0.2) is 0 Å². The van der Waals surface area contributed by atoms with E-state index >= 15 is 0 Å². The van der Waals surface area contributed by atoms with E-state index in [1.54, 1.807) is 30.3 Å². The highest BCUT2D eigenvalue weighted by Crippen LogP contribution is 2.24. The fraction of sp³-hybridized carbons (Fsp3) is 0. The summed E-state index contributed by atoms with van der Waals surface area (Å²) in [4.78, 5) is 12.4. The summed E-state index contributed by atoms with van der Waals surface area (Å²) >= 11 is 13.1.